The smallest absolute Gasteiger partial charge is 0.147 e. The summed E-state index contributed by atoms with van der Waals surface area (Å²) in [6, 6.07) is 10.1. The molecule has 2 unspecified atom stereocenters. The Bertz CT molecular complexity index is 413. The number of ether oxygens (including phenoxy) is 2. The van der Waals surface area contributed by atoms with Gasteiger partial charge in [0.2, 0.25) is 0 Å². The van der Waals surface area contributed by atoms with Gasteiger partial charge in [-0.3, -0.25) is 4.79 Å². The van der Waals surface area contributed by atoms with Gasteiger partial charge in [0.05, 0.1) is 12.7 Å². The van der Waals surface area contributed by atoms with E-state index >= 15 is 0 Å². The number of rotatable bonds is 5. The quantitative estimate of drug-likeness (QED) is 0.603. The van der Waals surface area contributed by atoms with E-state index in [1.165, 1.54) is 0 Å². The van der Waals surface area contributed by atoms with Gasteiger partial charge in [0, 0.05) is 12.8 Å². The van der Waals surface area contributed by atoms with Crippen LogP contribution in [0.1, 0.15) is 31.2 Å². The Balaban J connectivity index is 1.42. The minimum absolute atomic E-state index is 0.244. The molecule has 3 rings (SSSR count). The van der Waals surface area contributed by atoms with Crippen LogP contribution in [0.15, 0.2) is 30.3 Å². The van der Waals surface area contributed by atoms with Crippen LogP contribution < -0.4 is 0 Å². The van der Waals surface area contributed by atoms with Gasteiger partial charge < -0.3 is 9.47 Å². The zero-order valence-electron chi connectivity index (χ0n) is 11.1. The summed E-state index contributed by atoms with van der Waals surface area (Å²) in [7, 11) is 0. The minimum atomic E-state index is 0.244. The molecule has 0 saturated heterocycles. The summed E-state index contributed by atoms with van der Waals surface area (Å²) in [5.74, 6) is 1.29. The maximum Gasteiger partial charge on any atom is 0.147 e. The Morgan fingerprint density at radius 2 is 1.74 bits per heavy atom. The number of ketones is 1. The van der Waals surface area contributed by atoms with Crippen molar-refractivity contribution in [3.8, 4) is 0 Å². The van der Waals surface area contributed by atoms with Crippen molar-refractivity contribution in [2.75, 3.05) is 6.79 Å². The first kappa shape index (κ1) is 12.8. The fourth-order valence-corrected chi connectivity index (χ4v) is 3.38. The van der Waals surface area contributed by atoms with Crippen LogP contribution in [0.3, 0.4) is 0 Å². The lowest BCUT2D eigenvalue weighted by atomic mass is 9.85. The monoisotopic (exact) mass is 260 g/mol. The van der Waals surface area contributed by atoms with Gasteiger partial charge in [-0.15, -0.1) is 0 Å². The first-order valence-electron chi connectivity index (χ1n) is 7.08. The van der Waals surface area contributed by atoms with E-state index < -0.39 is 0 Å². The number of benzene rings is 1. The van der Waals surface area contributed by atoms with Gasteiger partial charge in [0.25, 0.3) is 0 Å². The number of hydrogen-bond acceptors (Lipinski definition) is 3. The topological polar surface area (TPSA) is 35.5 Å². The molecule has 3 heteroatoms. The van der Waals surface area contributed by atoms with Crippen molar-refractivity contribution in [1.29, 1.82) is 0 Å². The van der Waals surface area contributed by atoms with Crippen molar-refractivity contribution in [1.82, 2.24) is 0 Å². The van der Waals surface area contributed by atoms with Crippen LogP contribution in [0, 0.1) is 11.8 Å². The maximum atomic E-state index is 11.5. The molecule has 2 aliphatic carbocycles. The van der Waals surface area contributed by atoms with Crippen LogP contribution in [-0.4, -0.2) is 18.7 Å². The highest BCUT2D eigenvalue weighted by molar-refractivity contribution is 5.80. The molecule has 0 N–H and O–H groups in total. The second kappa shape index (κ2) is 5.85. The molecule has 0 aliphatic heterocycles. The number of hydrogen-bond donors (Lipinski definition) is 0. The normalized spacial score (nSPS) is 29.7. The van der Waals surface area contributed by atoms with E-state index in [1.807, 2.05) is 30.3 Å². The van der Waals surface area contributed by atoms with Crippen molar-refractivity contribution in [3.05, 3.63) is 35.9 Å². The summed E-state index contributed by atoms with van der Waals surface area (Å²) in [6.07, 6.45) is 3.94. The molecule has 19 heavy (non-hydrogen) atoms. The Morgan fingerprint density at radius 3 is 2.42 bits per heavy atom. The number of fused-ring (bicyclic) bond motifs is 2. The summed E-state index contributed by atoms with van der Waals surface area (Å²) in [5.41, 5.74) is 1.16. The van der Waals surface area contributed by atoms with E-state index in [-0.39, 0.29) is 6.10 Å². The fraction of sp³-hybridized carbons (Fsp3) is 0.562. The Hall–Kier alpha value is -1.19. The van der Waals surface area contributed by atoms with Gasteiger partial charge in [0.15, 0.2) is 0 Å². The van der Waals surface area contributed by atoms with Gasteiger partial charge in [-0.25, -0.2) is 0 Å². The predicted octanol–water partition coefficient (Wildman–Crippen LogP) is 2.94. The Morgan fingerprint density at radius 1 is 1.05 bits per heavy atom. The molecule has 1 aromatic rings. The third-order valence-electron chi connectivity index (χ3n) is 4.27. The molecule has 0 aromatic heterocycles. The standard InChI is InChI=1S/C16H20O3/c17-15-8-13-6-7-14(9-15)16(13)19-11-18-10-12-4-2-1-3-5-12/h1-5,13-14,16H,6-11H2. The molecule has 0 heterocycles. The molecule has 0 radical (unpaired) electrons. The molecule has 2 bridgehead atoms. The predicted molar refractivity (Wildman–Crippen MR) is 71.4 cm³/mol. The van der Waals surface area contributed by atoms with E-state index in [0.29, 0.717) is 43.9 Å². The molecule has 2 saturated carbocycles. The summed E-state index contributed by atoms with van der Waals surface area (Å²) in [5, 5.41) is 0. The molecule has 0 spiro atoms. The van der Waals surface area contributed by atoms with Gasteiger partial charge >= 0.3 is 0 Å². The molecule has 2 aliphatic rings. The van der Waals surface area contributed by atoms with Gasteiger partial charge in [0.1, 0.15) is 12.6 Å². The summed E-state index contributed by atoms with van der Waals surface area (Å²) in [4.78, 5) is 11.5. The minimum Gasteiger partial charge on any atom is -0.352 e. The lowest BCUT2D eigenvalue weighted by molar-refractivity contribution is -0.142. The van der Waals surface area contributed by atoms with Gasteiger partial charge in [-0.05, 0) is 30.2 Å². The highest BCUT2D eigenvalue weighted by Crippen LogP contribution is 2.42. The second-order valence-corrected chi connectivity index (χ2v) is 5.63. The largest absolute Gasteiger partial charge is 0.352 e. The summed E-state index contributed by atoms with van der Waals surface area (Å²) in [6.45, 7) is 0.919. The Kier molecular flexibility index (Phi) is 3.95. The fourth-order valence-electron chi connectivity index (χ4n) is 3.38. The molecule has 3 nitrogen and oxygen atoms in total. The molecule has 102 valence electrons. The molecule has 1 aromatic carbocycles. The van der Waals surface area contributed by atoms with E-state index in [0.717, 1.165) is 18.4 Å². The molecular weight excluding hydrogens is 240 g/mol. The average molecular weight is 260 g/mol. The lowest BCUT2D eigenvalue weighted by Crippen LogP contribution is -2.33. The van der Waals surface area contributed by atoms with Crippen molar-refractivity contribution in [3.63, 3.8) is 0 Å². The summed E-state index contributed by atoms with van der Waals surface area (Å²) >= 11 is 0. The Labute approximate surface area is 113 Å². The lowest BCUT2D eigenvalue weighted by Gasteiger charge is -2.29. The zero-order chi connectivity index (χ0) is 13.1. The SMILES string of the molecule is O=C1CC2CCC(C1)C2OCOCc1ccccc1. The molecule has 2 atom stereocenters. The van der Waals surface area contributed by atoms with Crippen LogP contribution in [0.5, 0.6) is 0 Å². The number of carbonyl (C=O) groups excluding carboxylic acids is 1. The van der Waals surface area contributed by atoms with Crippen LogP contribution in [-0.2, 0) is 20.9 Å². The van der Waals surface area contributed by atoms with Crippen LogP contribution >= 0.6 is 0 Å². The highest BCUT2D eigenvalue weighted by Gasteiger charge is 2.42. The average Bonchev–Trinajstić information content (AvgIpc) is 2.67. The van der Waals surface area contributed by atoms with Crippen molar-refractivity contribution < 1.29 is 14.3 Å². The second-order valence-electron chi connectivity index (χ2n) is 5.63. The van der Waals surface area contributed by atoms with Gasteiger partial charge in [-0.2, -0.15) is 0 Å². The van der Waals surface area contributed by atoms with Gasteiger partial charge in [-0.1, -0.05) is 30.3 Å². The van der Waals surface area contributed by atoms with Crippen LogP contribution in [0.2, 0.25) is 0 Å². The van der Waals surface area contributed by atoms with E-state index in [2.05, 4.69) is 0 Å². The van der Waals surface area contributed by atoms with E-state index in [1.54, 1.807) is 0 Å². The molecular formula is C16H20O3. The van der Waals surface area contributed by atoms with Crippen molar-refractivity contribution >= 4 is 5.78 Å². The van der Waals surface area contributed by atoms with Crippen LogP contribution in [0.4, 0.5) is 0 Å². The summed E-state index contributed by atoms with van der Waals surface area (Å²) < 4.78 is 11.4. The third-order valence-corrected chi connectivity index (χ3v) is 4.27. The zero-order valence-corrected chi connectivity index (χ0v) is 11.1. The molecule has 0 amide bonds. The number of carbonyl (C=O) groups is 1. The van der Waals surface area contributed by atoms with Crippen molar-refractivity contribution in [2.45, 2.75) is 38.4 Å². The van der Waals surface area contributed by atoms with Crippen molar-refractivity contribution in [2.24, 2.45) is 11.8 Å². The maximum absolute atomic E-state index is 11.5. The first-order valence-corrected chi connectivity index (χ1v) is 7.08. The third kappa shape index (κ3) is 3.04. The number of Topliss-reactive ketones (excluding diaryl/α,β-unsaturated/α-hetero) is 1. The van der Waals surface area contributed by atoms with E-state index in [9.17, 15) is 4.79 Å². The highest BCUT2D eigenvalue weighted by atomic mass is 16.7. The van der Waals surface area contributed by atoms with Crippen LogP contribution in [0.25, 0.3) is 0 Å². The van der Waals surface area contributed by atoms with E-state index in [4.69, 9.17) is 9.47 Å². The first-order chi connectivity index (χ1) is 9.33. The molecule has 2 fully saturated rings.